The topological polar surface area (TPSA) is 79.7 Å². The first kappa shape index (κ1) is 18.8. The molecule has 1 amide bonds. The Labute approximate surface area is 162 Å². The lowest BCUT2D eigenvalue weighted by atomic mass is 10.2. The zero-order valence-corrected chi connectivity index (χ0v) is 16.0. The number of benzene rings is 1. The predicted molar refractivity (Wildman–Crippen MR) is 103 cm³/mol. The van der Waals surface area contributed by atoms with Gasteiger partial charge in [-0.15, -0.1) is 0 Å². The smallest absolute Gasteiger partial charge is 0.325 e. The van der Waals surface area contributed by atoms with E-state index in [0.29, 0.717) is 23.8 Å². The summed E-state index contributed by atoms with van der Waals surface area (Å²) in [5.41, 5.74) is 2.16. The summed E-state index contributed by atoms with van der Waals surface area (Å²) in [6, 6.07) is 9.64. The average Bonchev–Trinajstić information content (AvgIpc) is 3.33. The van der Waals surface area contributed by atoms with Crippen LogP contribution in [-0.2, 0) is 9.53 Å². The summed E-state index contributed by atoms with van der Waals surface area (Å²) in [6.45, 7) is 2.97. The highest BCUT2D eigenvalue weighted by Gasteiger charge is 2.31. The maximum Gasteiger partial charge on any atom is 0.325 e. The van der Waals surface area contributed by atoms with Crippen LogP contribution in [0.15, 0.2) is 36.5 Å². The number of methoxy groups -OCH3 is 1. The Hall–Kier alpha value is -2.94. The number of thiocarbonyl (C=S) groups is 1. The molecular weight excluding hydrogens is 366 g/mol. The highest BCUT2D eigenvalue weighted by molar-refractivity contribution is 7.80. The second kappa shape index (κ2) is 8.17. The molecule has 27 heavy (non-hydrogen) atoms. The van der Waals surface area contributed by atoms with Crippen LogP contribution >= 0.6 is 12.2 Å². The lowest BCUT2D eigenvalue weighted by Gasteiger charge is -2.29. The van der Waals surface area contributed by atoms with Gasteiger partial charge in [-0.25, -0.2) is 9.69 Å². The average molecular weight is 387 g/mol. The van der Waals surface area contributed by atoms with Gasteiger partial charge in [0.05, 0.1) is 30.3 Å². The molecule has 1 saturated heterocycles. The van der Waals surface area contributed by atoms with Crippen molar-refractivity contribution in [2.24, 2.45) is 0 Å². The first-order chi connectivity index (χ1) is 13.0. The number of hydrazine groups is 1. The fourth-order valence-corrected chi connectivity index (χ4v) is 3.20. The number of para-hydroxylation sites is 1. The van der Waals surface area contributed by atoms with Crippen LogP contribution in [0, 0.1) is 6.92 Å². The Morgan fingerprint density at radius 3 is 2.63 bits per heavy atom. The van der Waals surface area contributed by atoms with E-state index in [4.69, 9.17) is 12.2 Å². The maximum atomic E-state index is 13.1. The number of hydrogen-bond acceptors (Lipinski definition) is 5. The monoisotopic (exact) mass is 387 g/mol. The van der Waals surface area contributed by atoms with Gasteiger partial charge in [0.25, 0.3) is 5.91 Å². The molecule has 1 N–H and O–H groups in total. The van der Waals surface area contributed by atoms with E-state index >= 15 is 0 Å². The minimum absolute atomic E-state index is 0.0428. The molecule has 0 atom stereocenters. The zero-order valence-electron chi connectivity index (χ0n) is 15.2. The second-order valence-electron chi connectivity index (χ2n) is 6.03. The Balaban J connectivity index is 1.76. The van der Waals surface area contributed by atoms with Crippen molar-refractivity contribution in [3.63, 3.8) is 0 Å². The van der Waals surface area contributed by atoms with Crippen molar-refractivity contribution in [2.45, 2.75) is 13.3 Å². The summed E-state index contributed by atoms with van der Waals surface area (Å²) < 4.78 is 6.33. The summed E-state index contributed by atoms with van der Waals surface area (Å²) >= 11 is 5.33. The molecule has 0 radical (unpaired) electrons. The van der Waals surface area contributed by atoms with Gasteiger partial charge in [-0.1, -0.05) is 18.2 Å². The molecule has 3 rings (SSSR count). The number of ether oxygens (including phenoxy) is 1. The Bertz CT molecular complexity index is 852. The van der Waals surface area contributed by atoms with Crippen molar-refractivity contribution in [1.29, 1.82) is 0 Å². The number of esters is 1. The van der Waals surface area contributed by atoms with E-state index in [2.05, 4.69) is 15.2 Å². The first-order valence-corrected chi connectivity index (χ1v) is 8.97. The van der Waals surface area contributed by atoms with Crippen molar-refractivity contribution in [2.75, 3.05) is 26.7 Å². The van der Waals surface area contributed by atoms with Crippen molar-refractivity contribution < 1.29 is 14.3 Å². The largest absolute Gasteiger partial charge is 0.468 e. The van der Waals surface area contributed by atoms with Crippen molar-refractivity contribution >= 4 is 29.2 Å². The number of rotatable bonds is 4. The molecule has 0 saturated carbocycles. The van der Waals surface area contributed by atoms with Gasteiger partial charge < -0.3 is 10.1 Å². The van der Waals surface area contributed by atoms with Gasteiger partial charge in [-0.2, -0.15) is 5.10 Å². The van der Waals surface area contributed by atoms with Gasteiger partial charge in [0.1, 0.15) is 6.54 Å². The van der Waals surface area contributed by atoms with Gasteiger partial charge in [0, 0.05) is 13.1 Å². The molecule has 1 fully saturated rings. The lowest BCUT2D eigenvalue weighted by molar-refractivity contribution is -0.139. The van der Waals surface area contributed by atoms with Crippen LogP contribution in [0.25, 0.3) is 5.69 Å². The summed E-state index contributed by atoms with van der Waals surface area (Å²) in [7, 11) is 1.31. The van der Waals surface area contributed by atoms with E-state index in [-0.39, 0.29) is 12.5 Å². The number of carbonyl (C=O) groups excluding carboxylic acids is 2. The zero-order chi connectivity index (χ0) is 19.4. The van der Waals surface area contributed by atoms with Gasteiger partial charge >= 0.3 is 5.97 Å². The highest BCUT2D eigenvalue weighted by Crippen LogP contribution is 2.19. The third kappa shape index (κ3) is 3.92. The van der Waals surface area contributed by atoms with Crippen LogP contribution in [0.1, 0.15) is 22.5 Å². The van der Waals surface area contributed by atoms with Crippen LogP contribution in [0.5, 0.6) is 0 Å². The van der Waals surface area contributed by atoms with Crippen LogP contribution in [-0.4, -0.2) is 63.5 Å². The molecule has 0 spiro atoms. The molecule has 0 unspecified atom stereocenters. The standard InChI is InChI=1S/C18H21N5O3S/c1-13-15(11-20-23(13)14-7-4-3-5-8-14)17(25)21-9-6-10-22(21)18(27)19-12-16(24)26-2/h3-5,7-8,11H,6,9-10,12H2,1-2H3,(H,19,27). The molecule has 1 aromatic carbocycles. The van der Waals surface area contributed by atoms with Gasteiger partial charge in [-0.3, -0.25) is 14.6 Å². The molecule has 1 aromatic heterocycles. The highest BCUT2D eigenvalue weighted by atomic mass is 32.1. The molecule has 0 aliphatic carbocycles. The normalized spacial score (nSPS) is 13.6. The van der Waals surface area contributed by atoms with E-state index in [1.54, 1.807) is 20.9 Å². The Kier molecular flexibility index (Phi) is 5.70. The third-order valence-electron chi connectivity index (χ3n) is 4.35. The lowest BCUT2D eigenvalue weighted by Crippen LogP contribution is -2.50. The van der Waals surface area contributed by atoms with E-state index in [0.717, 1.165) is 17.8 Å². The summed E-state index contributed by atoms with van der Waals surface area (Å²) in [6.07, 6.45) is 2.36. The van der Waals surface area contributed by atoms with Crippen molar-refractivity contribution in [1.82, 2.24) is 25.1 Å². The predicted octanol–water partition coefficient (Wildman–Crippen LogP) is 1.29. The second-order valence-corrected chi connectivity index (χ2v) is 6.42. The van der Waals surface area contributed by atoms with Gasteiger partial charge in [-0.05, 0) is 37.7 Å². The minimum Gasteiger partial charge on any atom is -0.468 e. The van der Waals surface area contributed by atoms with Crippen molar-refractivity contribution in [3.8, 4) is 5.69 Å². The third-order valence-corrected chi connectivity index (χ3v) is 4.71. The van der Waals surface area contributed by atoms with E-state index < -0.39 is 5.97 Å². The summed E-state index contributed by atoms with van der Waals surface area (Å²) in [5.74, 6) is -0.594. The fraction of sp³-hybridized carbons (Fsp3) is 0.333. The number of nitrogens with zero attached hydrogens (tertiary/aromatic N) is 4. The molecular formula is C18H21N5O3S. The minimum atomic E-state index is -0.422. The molecule has 8 nitrogen and oxygen atoms in total. The number of amides is 1. The van der Waals surface area contributed by atoms with Gasteiger partial charge in [0.2, 0.25) is 0 Å². The van der Waals surface area contributed by atoms with Crippen LogP contribution in [0.3, 0.4) is 0 Å². The number of carbonyl (C=O) groups is 2. The number of nitrogens with one attached hydrogen (secondary N) is 1. The quantitative estimate of drug-likeness (QED) is 0.625. The van der Waals surface area contributed by atoms with E-state index in [9.17, 15) is 9.59 Å². The molecule has 2 heterocycles. The fourth-order valence-electron chi connectivity index (χ4n) is 2.93. The number of aromatic nitrogens is 2. The molecule has 142 valence electrons. The molecule has 1 aliphatic heterocycles. The van der Waals surface area contributed by atoms with Gasteiger partial charge in [0.15, 0.2) is 5.11 Å². The molecule has 1 aliphatic rings. The number of hydrogen-bond donors (Lipinski definition) is 1. The Morgan fingerprint density at radius 2 is 1.93 bits per heavy atom. The van der Waals surface area contributed by atoms with Crippen LogP contribution in [0.4, 0.5) is 0 Å². The molecule has 9 heteroatoms. The van der Waals surface area contributed by atoms with Crippen LogP contribution < -0.4 is 5.32 Å². The van der Waals surface area contributed by atoms with Crippen LogP contribution in [0.2, 0.25) is 0 Å². The molecule has 2 aromatic rings. The van der Waals surface area contributed by atoms with E-state index in [1.807, 2.05) is 37.3 Å². The molecule has 0 bridgehead atoms. The first-order valence-electron chi connectivity index (χ1n) is 8.57. The van der Waals surface area contributed by atoms with Crippen molar-refractivity contribution in [3.05, 3.63) is 47.8 Å². The van der Waals surface area contributed by atoms with E-state index in [1.165, 1.54) is 7.11 Å². The summed E-state index contributed by atoms with van der Waals surface area (Å²) in [5, 5.41) is 10.8. The summed E-state index contributed by atoms with van der Waals surface area (Å²) in [4.78, 5) is 24.4. The Morgan fingerprint density at radius 1 is 1.22 bits per heavy atom. The maximum absolute atomic E-state index is 13.1. The SMILES string of the molecule is COC(=O)CNC(=S)N1CCCN1C(=O)c1cnn(-c2ccccc2)c1C.